The van der Waals surface area contributed by atoms with Crippen LogP contribution in [-0.2, 0) is 4.74 Å². The SMILES string of the molecule is COC(C)C(C)Nc1cccc(C(=O)N(C)C)c1. The van der Waals surface area contributed by atoms with E-state index in [9.17, 15) is 4.79 Å². The minimum Gasteiger partial charge on any atom is -0.380 e. The van der Waals surface area contributed by atoms with Gasteiger partial charge in [0.2, 0.25) is 0 Å². The van der Waals surface area contributed by atoms with Crippen LogP contribution < -0.4 is 5.32 Å². The molecule has 4 nitrogen and oxygen atoms in total. The summed E-state index contributed by atoms with van der Waals surface area (Å²) in [5.41, 5.74) is 1.61. The minimum absolute atomic E-state index is 0.00564. The van der Waals surface area contributed by atoms with E-state index in [4.69, 9.17) is 4.74 Å². The van der Waals surface area contributed by atoms with Gasteiger partial charge in [-0.05, 0) is 32.0 Å². The first-order valence-electron chi connectivity index (χ1n) is 6.06. The molecule has 1 amide bonds. The topological polar surface area (TPSA) is 41.6 Å². The van der Waals surface area contributed by atoms with Gasteiger partial charge in [-0.1, -0.05) is 6.07 Å². The molecule has 100 valence electrons. The Bertz CT molecular complexity index is 405. The molecule has 1 rings (SSSR count). The van der Waals surface area contributed by atoms with Crippen LogP contribution in [0, 0.1) is 0 Å². The van der Waals surface area contributed by atoms with Gasteiger partial charge in [-0.15, -0.1) is 0 Å². The van der Waals surface area contributed by atoms with E-state index in [1.54, 1.807) is 26.1 Å². The van der Waals surface area contributed by atoms with Crippen molar-refractivity contribution in [3.05, 3.63) is 29.8 Å². The van der Waals surface area contributed by atoms with Crippen LogP contribution in [0.1, 0.15) is 24.2 Å². The summed E-state index contributed by atoms with van der Waals surface area (Å²) in [6.45, 7) is 4.06. The largest absolute Gasteiger partial charge is 0.380 e. The average molecular weight is 250 g/mol. The first-order valence-corrected chi connectivity index (χ1v) is 6.06. The first-order chi connectivity index (χ1) is 8.45. The Balaban J connectivity index is 2.80. The van der Waals surface area contributed by atoms with E-state index in [2.05, 4.69) is 12.2 Å². The maximum absolute atomic E-state index is 11.8. The van der Waals surface area contributed by atoms with Crippen molar-refractivity contribution in [2.45, 2.75) is 26.0 Å². The molecule has 4 heteroatoms. The number of anilines is 1. The zero-order valence-electron chi connectivity index (χ0n) is 11.7. The molecule has 1 aromatic carbocycles. The summed E-state index contributed by atoms with van der Waals surface area (Å²) in [6.07, 6.45) is 0.109. The number of nitrogens with zero attached hydrogens (tertiary/aromatic N) is 1. The predicted molar refractivity (Wildman–Crippen MR) is 74.0 cm³/mol. The Kier molecular flexibility index (Phi) is 5.16. The Morgan fingerprint density at radius 3 is 2.56 bits per heavy atom. The highest BCUT2D eigenvalue weighted by molar-refractivity contribution is 5.94. The minimum atomic E-state index is 0.00564. The van der Waals surface area contributed by atoms with Crippen LogP contribution in [0.3, 0.4) is 0 Å². The van der Waals surface area contributed by atoms with Crippen molar-refractivity contribution in [2.75, 3.05) is 26.5 Å². The molecule has 0 aliphatic heterocycles. The summed E-state index contributed by atoms with van der Waals surface area (Å²) in [5, 5.41) is 3.33. The first kappa shape index (κ1) is 14.5. The number of amides is 1. The van der Waals surface area contributed by atoms with Crippen LogP contribution in [0.25, 0.3) is 0 Å². The van der Waals surface area contributed by atoms with Crippen molar-refractivity contribution in [3.8, 4) is 0 Å². The summed E-state index contributed by atoms with van der Waals surface area (Å²) in [5.74, 6) is 0.00564. The van der Waals surface area contributed by atoms with Crippen molar-refractivity contribution in [3.63, 3.8) is 0 Å². The van der Waals surface area contributed by atoms with Gasteiger partial charge in [-0.2, -0.15) is 0 Å². The van der Waals surface area contributed by atoms with Gasteiger partial charge in [0.15, 0.2) is 0 Å². The summed E-state index contributed by atoms with van der Waals surface area (Å²) in [6, 6.07) is 7.69. The van der Waals surface area contributed by atoms with Gasteiger partial charge in [-0.3, -0.25) is 4.79 Å². The lowest BCUT2D eigenvalue weighted by atomic mass is 10.1. The normalized spacial score (nSPS) is 13.8. The smallest absolute Gasteiger partial charge is 0.253 e. The van der Waals surface area contributed by atoms with Crippen LogP contribution in [-0.4, -0.2) is 44.2 Å². The Labute approximate surface area is 109 Å². The van der Waals surface area contributed by atoms with Crippen LogP contribution in [0.15, 0.2) is 24.3 Å². The monoisotopic (exact) mass is 250 g/mol. The van der Waals surface area contributed by atoms with E-state index in [1.807, 2.05) is 31.2 Å². The molecule has 0 saturated carbocycles. The van der Waals surface area contributed by atoms with Gasteiger partial charge >= 0.3 is 0 Å². The summed E-state index contributed by atoms with van der Waals surface area (Å²) >= 11 is 0. The van der Waals surface area contributed by atoms with E-state index in [1.165, 1.54) is 0 Å². The molecular weight excluding hydrogens is 228 g/mol. The highest BCUT2D eigenvalue weighted by Crippen LogP contribution is 2.14. The van der Waals surface area contributed by atoms with Gasteiger partial charge in [0.05, 0.1) is 6.10 Å². The summed E-state index contributed by atoms with van der Waals surface area (Å²) in [4.78, 5) is 13.4. The molecule has 2 atom stereocenters. The molecule has 0 saturated heterocycles. The van der Waals surface area contributed by atoms with Gasteiger partial charge in [0.25, 0.3) is 5.91 Å². The second-order valence-electron chi connectivity index (χ2n) is 4.65. The van der Waals surface area contributed by atoms with Crippen LogP contribution in [0.5, 0.6) is 0 Å². The Morgan fingerprint density at radius 2 is 2.00 bits per heavy atom. The van der Waals surface area contributed by atoms with E-state index in [0.717, 1.165) is 5.69 Å². The third-order valence-corrected chi connectivity index (χ3v) is 2.99. The number of hydrogen-bond donors (Lipinski definition) is 1. The fourth-order valence-electron chi connectivity index (χ4n) is 1.58. The molecule has 18 heavy (non-hydrogen) atoms. The second-order valence-corrected chi connectivity index (χ2v) is 4.65. The number of methoxy groups -OCH3 is 1. The molecule has 0 spiro atoms. The van der Waals surface area contributed by atoms with E-state index >= 15 is 0 Å². The molecule has 0 heterocycles. The standard InChI is InChI=1S/C14H22N2O2/c1-10(11(2)18-5)15-13-8-6-7-12(9-13)14(17)16(3)4/h6-11,15H,1-5H3. The molecule has 0 radical (unpaired) electrons. The van der Waals surface area contributed by atoms with E-state index < -0.39 is 0 Å². The lowest BCUT2D eigenvalue weighted by Crippen LogP contribution is -2.29. The summed E-state index contributed by atoms with van der Waals surface area (Å²) < 4.78 is 5.26. The van der Waals surface area contributed by atoms with E-state index in [-0.39, 0.29) is 18.1 Å². The lowest BCUT2D eigenvalue weighted by molar-refractivity contribution is 0.0827. The van der Waals surface area contributed by atoms with Gasteiger partial charge < -0.3 is 15.0 Å². The second kappa shape index (κ2) is 6.40. The molecule has 1 N–H and O–H groups in total. The van der Waals surface area contributed by atoms with Gasteiger partial charge in [-0.25, -0.2) is 0 Å². The number of ether oxygens (including phenoxy) is 1. The zero-order chi connectivity index (χ0) is 13.7. The maximum atomic E-state index is 11.8. The Hall–Kier alpha value is -1.55. The third kappa shape index (κ3) is 3.74. The summed E-state index contributed by atoms with van der Waals surface area (Å²) in [7, 11) is 5.19. The van der Waals surface area contributed by atoms with Crippen molar-refractivity contribution >= 4 is 11.6 Å². The molecule has 0 fully saturated rings. The highest BCUT2D eigenvalue weighted by Gasteiger charge is 2.12. The van der Waals surface area contributed by atoms with Crippen molar-refractivity contribution in [1.29, 1.82) is 0 Å². The fourth-order valence-corrected chi connectivity index (χ4v) is 1.58. The van der Waals surface area contributed by atoms with Crippen molar-refractivity contribution in [1.82, 2.24) is 4.90 Å². The quantitative estimate of drug-likeness (QED) is 0.871. The van der Waals surface area contributed by atoms with E-state index in [0.29, 0.717) is 5.56 Å². The molecule has 0 aliphatic carbocycles. The van der Waals surface area contributed by atoms with Crippen molar-refractivity contribution < 1.29 is 9.53 Å². The third-order valence-electron chi connectivity index (χ3n) is 2.99. The van der Waals surface area contributed by atoms with Gasteiger partial charge in [0, 0.05) is 38.5 Å². The predicted octanol–water partition coefficient (Wildman–Crippen LogP) is 2.22. The van der Waals surface area contributed by atoms with Crippen LogP contribution >= 0.6 is 0 Å². The number of carbonyl (C=O) groups excluding carboxylic acids is 1. The van der Waals surface area contributed by atoms with Crippen LogP contribution in [0.2, 0.25) is 0 Å². The Morgan fingerprint density at radius 1 is 1.33 bits per heavy atom. The molecular formula is C14H22N2O2. The molecule has 0 bridgehead atoms. The molecule has 1 aromatic rings. The van der Waals surface area contributed by atoms with Crippen LogP contribution in [0.4, 0.5) is 5.69 Å². The molecule has 2 unspecified atom stereocenters. The number of carbonyl (C=O) groups is 1. The highest BCUT2D eigenvalue weighted by atomic mass is 16.5. The molecule has 0 aliphatic rings. The number of benzene rings is 1. The maximum Gasteiger partial charge on any atom is 0.253 e. The fraction of sp³-hybridized carbons (Fsp3) is 0.500. The average Bonchev–Trinajstić information content (AvgIpc) is 2.36. The number of hydrogen-bond acceptors (Lipinski definition) is 3. The number of rotatable bonds is 5. The lowest BCUT2D eigenvalue weighted by Gasteiger charge is -2.21. The molecule has 0 aromatic heterocycles. The number of nitrogens with one attached hydrogen (secondary N) is 1. The zero-order valence-corrected chi connectivity index (χ0v) is 11.7. The van der Waals surface area contributed by atoms with Gasteiger partial charge in [0.1, 0.15) is 0 Å². The van der Waals surface area contributed by atoms with Crippen molar-refractivity contribution in [2.24, 2.45) is 0 Å².